The summed E-state index contributed by atoms with van der Waals surface area (Å²) < 4.78 is 39.9. The highest BCUT2D eigenvalue weighted by Gasteiger charge is 2.17. The molecule has 7 nitrogen and oxygen atoms in total. The first-order valence-electron chi connectivity index (χ1n) is 11.7. The summed E-state index contributed by atoms with van der Waals surface area (Å²) >= 11 is 0. The van der Waals surface area contributed by atoms with Crippen LogP contribution in [0.25, 0.3) is 0 Å². The SMILES string of the molecule is Cc1ccc(NS(=O)(=O)c2ccc(OCC(=O)Nc3ccccc3Oc3ccccc3)c(C)c2)cc1C. The van der Waals surface area contributed by atoms with Crippen LogP contribution in [0, 0.1) is 20.8 Å². The molecule has 4 aromatic rings. The van der Waals surface area contributed by atoms with Crippen LogP contribution in [0.2, 0.25) is 0 Å². The molecule has 0 atom stereocenters. The van der Waals surface area contributed by atoms with Crippen molar-refractivity contribution in [3.05, 3.63) is 108 Å². The summed E-state index contributed by atoms with van der Waals surface area (Å²) in [5, 5.41) is 2.80. The van der Waals surface area contributed by atoms with Crippen LogP contribution in [-0.2, 0) is 14.8 Å². The lowest BCUT2D eigenvalue weighted by Crippen LogP contribution is -2.21. The Kier molecular flexibility index (Phi) is 7.79. The van der Waals surface area contributed by atoms with Gasteiger partial charge in [-0.1, -0.05) is 36.4 Å². The second-order valence-electron chi connectivity index (χ2n) is 8.58. The van der Waals surface area contributed by atoms with Gasteiger partial charge in [0.1, 0.15) is 11.5 Å². The Bertz CT molecular complexity index is 1520. The number of hydrogen-bond acceptors (Lipinski definition) is 5. The molecule has 0 aliphatic heterocycles. The number of amides is 1. The van der Waals surface area contributed by atoms with Gasteiger partial charge in [0.05, 0.1) is 10.6 Å². The third-order valence-electron chi connectivity index (χ3n) is 5.71. The van der Waals surface area contributed by atoms with Crippen LogP contribution in [0.1, 0.15) is 16.7 Å². The highest BCUT2D eigenvalue weighted by molar-refractivity contribution is 7.92. The van der Waals surface area contributed by atoms with Gasteiger partial charge >= 0.3 is 0 Å². The van der Waals surface area contributed by atoms with Crippen molar-refractivity contribution in [2.75, 3.05) is 16.6 Å². The number of sulfonamides is 1. The van der Waals surface area contributed by atoms with Crippen molar-refractivity contribution < 1.29 is 22.7 Å². The molecule has 2 N–H and O–H groups in total. The second-order valence-corrected chi connectivity index (χ2v) is 10.3. The highest BCUT2D eigenvalue weighted by Crippen LogP contribution is 2.29. The van der Waals surface area contributed by atoms with Crippen LogP contribution in [-0.4, -0.2) is 20.9 Å². The van der Waals surface area contributed by atoms with E-state index in [1.165, 1.54) is 12.1 Å². The predicted molar refractivity (Wildman–Crippen MR) is 145 cm³/mol. The molecule has 0 unspecified atom stereocenters. The van der Waals surface area contributed by atoms with E-state index in [-0.39, 0.29) is 17.4 Å². The number of ether oxygens (including phenoxy) is 2. The van der Waals surface area contributed by atoms with Gasteiger partial charge in [0.15, 0.2) is 12.4 Å². The first-order valence-corrected chi connectivity index (χ1v) is 13.1. The zero-order valence-corrected chi connectivity index (χ0v) is 21.6. The van der Waals surface area contributed by atoms with E-state index in [1.54, 1.807) is 43.3 Å². The standard InChI is InChI=1S/C29H28N2O5S/c1-20-13-14-23(17-21(20)2)31-37(33,34)25-15-16-27(22(3)18-25)35-19-29(32)30-26-11-7-8-12-28(26)36-24-9-5-4-6-10-24/h4-18,31H,19H2,1-3H3,(H,30,32). The molecular formula is C29H28N2O5S. The molecule has 190 valence electrons. The summed E-state index contributed by atoms with van der Waals surface area (Å²) in [5.74, 6) is 1.19. The smallest absolute Gasteiger partial charge is 0.262 e. The number of carbonyl (C=O) groups excluding carboxylic acids is 1. The number of rotatable bonds is 9. The maximum atomic E-state index is 12.9. The second kappa shape index (κ2) is 11.2. The topological polar surface area (TPSA) is 93.7 Å². The Morgan fingerprint density at radius 2 is 1.49 bits per heavy atom. The van der Waals surface area contributed by atoms with E-state index in [4.69, 9.17) is 9.47 Å². The summed E-state index contributed by atoms with van der Waals surface area (Å²) in [6.45, 7) is 5.36. The Balaban J connectivity index is 1.39. The summed E-state index contributed by atoms with van der Waals surface area (Å²) in [7, 11) is -3.78. The van der Waals surface area contributed by atoms with E-state index < -0.39 is 10.0 Å². The van der Waals surface area contributed by atoms with Gasteiger partial charge in [0.25, 0.3) is 15.9 Å². The maximum absolute atomic E-state index is 12.9. The molecule has 0 saturated carbocycles. The first-order chi connectivity index (χ1) is 17.7. The molecule has 0 bridgehead atoms. The van der Waals surface area contributed by atoms with Crippen molar-refractivity contribution in [2.45, 2.75) is 25.7 Å². The Morgan fingerprint density at radius 1 is 0.757 bits per heavy atom. The fourth-order valence-corrected chi connectivity index (χ4v) is 4.71. The molecule has 0 heterocycles. The summed E-state index contributed by atoms with van der Waals surface area (Å²) in [5.41, 5.74) is 3.66. The minimum atomic E-state index is -3.78. The number of anilines is 2. The van der Waals surface area contributed by atoms with E-state index in [0.717, 1.165) is 11.1 Å². The molecule has 0 spiro atoms. The fraction of sp³-hybridized carbons (Fsp3) is 0.138. The van der Waals surface area contributed by atoms with Crippen LogP contribution in [0.5, 0.6) is 17.2 Å². The van der Waals surface area contributed by atoms with Crippen LogP contribution >= 0.6 is 0 Å². The molecular weight excluding hydrogens is 488 g/mol. The van der Waals surface area contributed by atoms with Gasteiger partial charge in [-0.2, -0.15) is 0 Å². The number of carbonyl (C=O) groups is 1. The monoisotopic (exact) mass is 516 g/mol. The average molecular weight is 517 g/mol. The molecule has 0 aromatic heterocycles. The number of para-hydroxylation sites is 3. The Labute approximate surface area is 217 Å². The Hall–Kier alpha value is -4.30. The molecule has 0 aliphatic carbocycles. The zero-order valence-electron chi connectivity index (χ0n) is 20.8. The number of benzene rings is 4. The van der Waals surface area contributed by atoms with Crippen molar-refractivity contribution in [3.8, 4) is 17.2 Å². The van der Waals surface area contributed by atoms with Gasteiger partial charge in [-0.25, -0.2) is 8.42 Å². The molecule has 4 rings (SSSR count). The van der Waals surface area contributed by atoms with Crippen LogP contribution in [0.4, 0.5) is 11.4 Å². The van der Waals surface area contributed by atoms with Gasteiger partial charge in [0.2, 0.25) is 0 Å². The molecule has 8 heteroatoms. The third kappa shape index (κ3) is 6.68. The fourth-order valence-electron chi connectivity index (χ4n) is 3.57. The number of aryl methyl sites for hydroxylation is 3. The minimum Gasteiger partial charge on any atom is -0.483 e. The lowest BCUT2D eigenvalue weighted by atomic mass is 10.1. The van der Waals surface area contributed by atoms with E-state index in [9.17, 15) is 13.2 Å². The maximum Gasteiger partial charge on any atom is 0.262 e. The summed E-state index contributed by atoms with van der Waals surface area (Å²) in [4.78, 5) is 12.7. The van der Waals surface area contributed by atoms with Gasteiger partial charge < -0.3 is 14.8 Å². The highest BCUT2D eigenvalue weighted by atomic mass is 32.2. The van der Waals surface area contributed by atoms with Crippen molar-refractivity contribution in [3.63, 3.8) is 0 Å². The van der Waals surface area contributed by atoms with Gasteiger partial charge in [-0.15, -0.1) is 0 Å². The van der Waals surface area contributed by atoms with E-state index in [1.807, 2.05) is 56.3 Å². The quantitative estimate of drug-likeness (QED) is 0.275. The van der Waals surface area contributed by atoms with Crippen LogP contribution < -0.4 is 19.5 Å². The lowest BCUT2D eigenvalue weighted by molar-refractivity contribution is -0.118. The van der Waals surface area contributed by atoms with Gasteiger partial charge in [-0.05, 0) is 92.1 Å². The summed E-state index contributed by atoms with van der Waals surface area (Å²) in [6.07, 6.45) is 0. The predicted octanol–water partition coefficient (Wildman–Crippen LogP) is 6.22. The van der Waals surface area contributed by atoms with Gasteiger partial charge in [-0.3, -0.25) is 9.52 Å². The van der Waals surface area contributed by atoms with Crippen molar-refractivity contribution in [2.24, 2.45) is 0 Å². The normalized spacial score (nSPS) is 11.0. The third-order valence-corrected chi connectivity index (χ3v) is 7.09. The van der Waals surface area contributed by atoms with Crippen molar-refractivity contribution >= 4 is 27.3 Å². The molecule has 4 aromatic carbocycles. The van der Waals surface area contributed by atoms with E-state index in [2.05, 4.69) is 10.0 Å². The molecule has 37 heavy (non-hydrogen) atoms. The number of nitrogens with one attached hydrogen (secondary N) is 2. The lowest BCUT2D eigenvalue weighted by Gasteiger charge is -2.14. The number of hydrogen-bond donors (Lipinski definition) is 2. The van der Waals surface area contributed by atoms with Crippen molar-refractivity contribution in [1.82, 2.24) is 0 Å². The molecule has 0 aliphatic rings. The van der Waals surface area contributed by atoms with E-state index in [0.29, 0.717) is 34.2 Å². The summed E-state index contributed by atoms with van der Waals surface area (Å²) in [6, 6.07) is 26.3. The van der Waals surface area contributed by atoms with Gasteiger partial charge in [0, 0.05) is 5.69 Å². The Morgan fingerprint density at radius 3 is 2.22 bits per heavy atom. The molecule has 1 amide bonds. The average Bonchev–Trinajstić information content (AvgIpc) is 2.87. The van der Waals surface area contributed by atoms with Crippen molar-refractivity contribution in [1.29, 1.82) is 0 Å². The molecule has 0 fully saturated rings. The van der Waals surface area contributed by atoms with Crippen LogP contribution in [0.3, 0.4) is 0 Å². The minimum absolute atomic E-state index is 0.104. The molecule has 0 saturated heterocycles. The zero-order chi connectivity index (χ0) is 26.4. The first kappa shape index (κ1) is 25.8. The largest absolute Gasteiger partial charge is 0.483 e. The van der Waals surface area contributed by atoms with Crippen LogP contribution in [0.15, 0.2) is 95.9 Å². The van der Waals surface area contributed by atoms with E-state index >= 15 is 0 Å². The molecule has 0 radical (unpaired) electrons.